The Hall–Kier alpha value is -1.08. The standard InChI is InChI=1S/C18H29N/c1-6-15(4)18(5,8-3)19-14-13-17-11-9-16(7-2)10-12-17/h7,9-12,15,19H,2,6,8,13-14H2,1,3-5H3. The molecule has 1 nitrogen and oxygen atoms in total. The molecular weight excluding hydrogens is 230 g/mol. The first-order valence-corrected chi connectivity index (χ1v) is 7.52. The molecule has 2 unspecified atom stereocenters. The normalized spacial score (nSPS) is 15.8. The second-order valence-electron chi connectivity index (χ2n) is 5.70. The fraction of sp³-hybridized carbons (Fsp3) is 0.556. The number of hydrogen-bond donors (Lipinski definition) is 1. The van der Waals surface area contributed by atoms with E-state index in [4.69, 9.17) is 0 Å². The van der Waals surface area contributed by atoms with E-state index < -0.39 is 0 Å². The van der Waals surface area contributed by atoms with Gasteiger partial charge in [0.05, 0.1) is 0 Å². The van der Waals surface area contributed by atoms with Crippen molar-refractivity contribution in [1.29, 1.82) is 0 Å². The molecule has 106 valence electrons. The molecule has 0 aromatic heterocycles. The Morgan fingerprint density at radius 3 is 2.37 bits per heavy atom. The third kappa shape index (κ3) is 4.50. The third-order valence-corrected chi connectivity index (χ3v) is 4.59. The van der Waals surface area contributed by atoms with Gasteiger partial charge in [0.15, 0.2) is 0 Å². The molecular formula is C18H29N. The number of rotatable bonds is 8. The van der Waals surface area contributed by atoms with Crippen LogP contribution < -0.4 is 5.32 Å². The zero-order chi connectivity index (χ0) is 14.3. The lowest BCUT2D eigenvalue weighted by atomic mass is 9.83. The van der Waals surface area contributed by atoms with Gasteiger partial charge < -0.3 is 5.32 Å². The molecule has 0 aliphatic rings. The molecule has 0 fully saturated rings. The Morgan fingerprint density at radius 1 is 1.26 bits per heavy atom. The maximum atomic E-state index is 3.78. The van der Waals surface area contributed by atoms with Crippen LogP contribution in [0.15, 0.2) is 30.8 Å². The predicted octanol–water partition coefficient (Wildman–Crippen LogP) is 4.68. The van der Waals surface area contributed by atoms with Gasteiger partial charge in [0.1, 0.15) is 0 Å². The van der Waals surface area contributed by atoms with Gasteiger partial charge in [-0.3, -0.25) is 0 Å². The summed E-state index contributed by atoms with van der Waals surface area (Å²) < 4.78 is 0. The molecule has 1 heteroatoms. The summed E-state index contributed by atoms with van der Waals surface area (Å²) in [5.41, 5.74) is 2.84. The van der Waals surface area contributed by atoms with Gasteiger partial charge in [-0.2, -0.15) is 0 Å². The van der Waals surface area contributed by atoms with Crippen LogP contribution in [-0.4, -0.2) is 12.1 Å². The van der Waals surface area contributed by atoms with Crippen LogP contribution in [0.3, 0.4) is 0 Å². The van der Waals surface area contributed by atoms with Crippen molar-refractivity contribution in [3.05, 3.63) is 42.0 Å². The zero-order valence-electron chi connectivity index (χ0n) is 13.0. The molecule has 0 bridgehead atoms. The lowest BCUT2D eigenvalue weighted by molar-refractivity contribution is 0.232. The first-order chi connectivity index (χ1) is 9.05. The van der Waals surface area contributed by atoms with Crippen molar-refractivity contribution < 1.29 is 0 Å². The molecule has 0 saturated carbocycles. The fourth-order valence-electron chi connectivity index (χ4n) is 2.41. The van der Waals surface area contributed by atoms with Crippen LogP contribution in [-0.2, 0) is 6.42 Å². The first-order valence-electron chi connectivity index (χ1n) is 7.52. The van der Waals surface area contributed by atoms with Crippen LogP contribution in [0.4, 0.5) is 0 Å². The molecule has 0 spiro atoms. The van der Waals surface area contributed by atoms with Gasteiger partial charge in [-0.05, 0) is 43.4 Å². The first kappa shape index (κ1) is 16.0. The maximum absolute atomic E-state index is 3.78. The van der Waals surface area contributed by atoms with Crippen LogP contribution in [0.25, 0.3) is 6.08 Å². The van der Waals surface area contributed by atoms with E-state index in [1.807, 2.05) is 6.08 Å². The topological polar surface area (TPSA) is 12.0 Å². The van der Waals surface area contributed by atoms with Crippen molar-refractivity contribution in [2.24, 2.45) is 5.92 Å². The molecule has 0 aliphatic carbocycles. The summed E-state index contributed by atoms with van der Waals surface area (Å²) in [4.78, 5) is 0. The van der Waals surface area contributed by atoms with Crippen molar-refractivity contribution in [3.63, 3.8) is 0 Å². The molecule has 19 heavy (non-hydrogen) atoms. The van der Waals surface area contributed by atoms with Gasteiger partial charge in [-0.15, -0.1) is 0 Å². The Kier molecular flexibility index (Phi) is 6.30. The van der Waals surface area contributed by atoms with Crippen molar-refractivity contribution in [2.45, 2.75) is 52.5 Å². The number of hydrogen-bond acceptors (Lipinski definition) is 1. The van der Waals surface area contributed by atoms with Crippen molar-refractivity contribution in [3.8, 4) is 0 Å². The van der Waals surface area contributed by atoms with E-state index in [9.17, 15) is 0 Å². The molecule has 1 rings (SSSR count). The van der Waals surface area contributed by atoms with E-state index in [1.54, 1.807) is 0 Å². The minimum Gasteiger partial charge on any atom is -0.311 e. The Labute approximate surface area is 119 Å². The Bertz CT molecular complexity index is 379. The highest BCUT2D eigenvalue weighted by Crippen LogP contribution is 2.23. The van der Waals surface area contributed by atoms with E-state index >= 15 is 0 Å². The van der Waals surface area contributed by atoms with E-state index in [-0.39, 0.29) is 5.54 Å². The summed E-state index contributed by atoms with van der Waals surface area (Å²) in [6, 6.07) is 8.67. The van der Waals surface area contributed by atoms with Crippen molar-refractivity contribution in [1.82, 2.24) is 5.32 Å². The molecule has 1 aromatic rings. The third-order valence-electron chi connectivity index (χ3n) is 4.59. The van der Waals surface area contributed by atoms with Crippen LogP contribution in [0, 0.1) is 5.92 Å². The molecule has 1 N–H and O–H groups in total. The maximum Gasteiger partial charge on any atom is 0.0176 e. The lowest BCUT2D eigenvalue weighted by Gasteiger charge is -2.36. The van der Waals surface area contributed by atoms with Gasteiger partial charge in [0.25, 0.3) is 0 Å². The van der Waals surface area contributed by atoms with Gasteiger partial charge in [0, 0.05) is 5.54 Å². The molecule has 0 heterocycles. The summed E-state index contributed by atoms with van der Waals surface area (Å²) in [7, 11) is 0. The Morgan fingerprint density at radius 2 is 1.89 bits per heavy atom. The van der Waals surface area contributed by atoms with Gasteiger partial charge in [-0.25, -0.2) is 0 Å². The molecule has 0 saturated heterocycles. The van der Waals surface area contributed by atoms with Crippen molar-refractivity contribution in [2.75, 3.05) is 6.54 Å². The lowest BCUT2D eigenvalue weighted by Crippen LogP contribution is -2.47. The average Bonchev–Trinajstić information content (AvgIpc) is 2.46. The fourth-order valence-corrected chi connectivity index (χ4v) is 2.41. The second-order valence-corrected chi connectivity index (χ2v) is 5.70. The van der Waals surface area contributed by atoms with Gasteiger partial charge in [-0.1, -0.05) is 64.1 Å². The minimum absolute atomic E-state index is 0.260. The summed E-state index contributed by atoms with van der Waals surface area (Å²) in [6.45, 7) is 14.1. The van der Waals surface area contributed by atoms with Crippen LogP contribution in [0.5, 0.6) is 0 Å². The highest BCUT2D eigenvalue weighted by Gasteiger charge is 2.26. The number of benzene rings is 1. The second kappa shape index (κ2) is 7.49. The smallest absolute Gasteiger partial charge is 0.0176 e. The van der Waals surface area contributed by atoms with E-state index in [0.717, 1.165) is 13.0 Å². The highest BCUT2D eigenvalue weighted by atomic mass is 15.0. The molecule has 0 aliphatic heterocycles. The zero-order valence-corrected chi connectivity index (χ0v) is 13.0. The molecule has 2 atom stereocenters. The summed E-state index contributed by atoms with van der Waals surface area (Å²) in [5.74, 6) is 0.709. The highest BCUT2D eigenvalue weighted by molar-refractivity contribution is 5.47. The van der Waals surface area contributed by atoms with E-state index in [1.165, 1.54) is 24.0 Å². The van der Waals surface area contributed by atoms with Crippen LogP contribution in [0.1, 0.15) is 51.7 Å². The molecule has 0 amide bonds. The monoisotopic (exact) mass is 259 g/mol. The summed E-state index contributed by atoms with van der Waals surface area (Å²) in [5, 5.41) is 3.75. The quantitative estimate of drug-likeness (QED) is 0.715. The molecule has 0 radical (unpaired) electrons. The summed E-state index contributed by atoms with van der Waals surface area (Å²) >= 11 is 0. The van der Waals surface area contributed by atoms with Gasteiger partial charge >= 0.3 is 0 Å². The SMILES string of the molecule is C=Cc1ccc(CCNC(C)(CC)C(C)CC)cc1. The van der Waals surface area contributed by atoms with E-state index in [2.05, 4.69) is 63.9 Å². The van der Waals surface area contributed by atoms with E-state index in [0.29, 0.717) is 5.92 Å². The molecule has 1 aromatic carbocycles. The summed E-state index contributed by atoms with van der Waals surface area (Å²) in [6.07, 6.45) is 5.38. The van der Waals surface area contributed by atoms with Crippen LogP contribution >= 0.6 is 0 Å². The number of nitrogens with one attached hydrogen (secondary N) is 1. The Balaban J connectivity index is 2.49. The van der Waals surface area contributed by atoms with Gasteiger partial charge in [0.2, 0.25) is 0 Å². The predicted molar refractivity (Wildman–Crippen MR) is 86.4 cm³/mol. The average molecular weight is 259 g/mol. The van der Waals surface area contributed by atoms with Crippen LogP contribution in [0.2, 0.25) is 0 Å². The minimum atomic E-state index is 0.260. The van der Waals surface area contributed by atoms with Crippen molar-refractivity contribution >= 4 is 6.08 Å². The largest absolute Gasteiger partial charge is 0.311 e.